The summed E-state index contributed by atoms with van der Waals surface area (Å²) in [7, 11) is 0. The lowest BCUT2D eigenvalue weighted by Crippen LogP contribution is -1.75. The zero-order valence-electron chi connectivity index (χ0n) is 26.5. The van der Waals surface area contributed by atoms with Crippen LogP contribution in [0.3, 0.4) is 0 Å². The summed E-state index contributed by atoms with van der Waals surface area (Å²) >= 11 is 0. The first-order valence-corrected chi connectivity index (χ1v) is 15.7. The van der Waals surface area contributed by atoms with Gasteiger partial charge in [0, 0.05) is 44.1 Å². The van der Waals surface area contributed by atoms with Crippen LogP contribution in [0.15, 0.2) is 97.1 Å². The Kier molecular flexibility index (Phi) is 9.12. The summed E-state index contributed by atoms with van der Waals surface area (Å²) in [6.45, 7) is 0. The molecule has 4 N–H and O–H groups in total. The van der Waals surface area contributed by atoms with Crippen molar-refractivity contribution in [1.82, 2.24) is 39.9 Å². The Balaban J connectivity index is 0.000000151. The first kappa shape index (κ1) is 32.7. The summed E-state index contributed by atoms with van der Waals surface area (Å²) in [6, 6.07) is 32.7. The molecule has 16 bridgehead atoms. The van der Waals surface area contributed by atoms with E-state index in [4.69, 9.17) is 0 Å². The minimum Gasteiger partial charge on any atom is -0.355 e. The van der Waals surface area contributed by atoms with Gasteiger partial charge in [0.25, 0.3) is 0 Å². The van der Waals surface area contributed by atoms with Crippen molar-refractivity contribution in [1.29, 1.82) is 0 Å². The van der Waals surface area contributed by atoms with E-state index in [0.29, 0.717) is 0 Å². The molecular weight excluding hydrogens is 752 g/mol. The normalized spacial score (nSPS) is 12.2. The maximum Gasteiger partial charge on any atom is 0.0658 e. The average molecular weight is 783 g/mol. The lowest BCUT2D eigenvalue weighted by Gasteiger charge is -1.85. The van der Waals surface area contributed by atoms with Crippen LogP contribution in [0, 0.1) is 0 Å². The van der Waals surface area contributed by atoms with E-state index in [0.717, 1.165) is 89.7 Å². The minimum atomic E-state index is 0. The molecule has 244 valence electrons. The first-order valence-electron chi connectivity index (χ1n) is 15.7. The van der Waals surface area contributed by atoms with Gasteiger partial charge in [0.05, 0.1) is 45.6 Å². The van der Waals surface area contributed by atoms with Crippen molar-refractivity contribution >= 4 is 127 Å². The van der Waals surface area contributed by atoms with Crippen molar-refractivity contribution < 1.29 is 0 Å². The number of aromatic amines is 4. The van der Waals surface area contributed by atoms with Crippen LogP contribution in [0.1, 0.15) is 45.6 Å². The first-order chi connectivity index (χ1) is 23.6. The summed E-state index contributed by atoms with van der Waals surface area (Å²) in [5.41, 5.74) is 15.7. The van der Waals surface area contributed by atoms with Crippen molar-refractivity contribution in [2.45, 2.75) is 0 Å². The van der Waals surface area contributed by atoms with Crippen LogP contribution in [0.25, 0.3) is 92.7 Å². The zero-order valence-corrected chi connectivity index (χ0v) is 29.9. The summed E-state index contributed by atoms with van der Waals surface area (Å²) in [5.74, 6) is 0. The Bertz CT molecular complexity index is 2170. The number of nitrogens with one attached hydrogen (secondary N) is 4. The van der Waals surface area contributed by atoms with Crippen LogP contribution in [0.2, 0.25) is 0 Å². The Labute approximate surface area is 307 Å². The molecule has 0 unspecified atom stereocenters. The highest BCUT2D eigenvalue weighted by atomic mass is 79.9. The van der Waals surface area contributed by atoms with E-state index in [-0.39, 0.29) is 34.0 Å². The molecule has 8 nitrogen and oxygen atoms in total. The third-order valence-electron chi connectivity index (χ3n) is 8.08. The summed E-state index contributed by atoms with van der Waals surface area (Å²) in [4.78, 5) is 32.0. The molecule has 0 aliphatic carbocycles. The van der Waals surface area contributed by atoms with Crippen molar-refractivity contribution in [3.05, 3.63) is 143 Å². The molecule has 0 radical (unpaired) electrons. The smallest absolute Gasteiger partial charge is 0.0658 e. The molecule has 0 aromatic carbocycles. The van der Waals surface area contributed by atoms with E-state index in [9.17, 15) is 0 Å². The molecule has 6 aromatic heterocycles. The predicted molar refractivity (Wildman–Crippen MR) is 218 cm³/mol. The maximum atomic E-state index is 4.63. The molecule has 0 amide bonds. The lowest BCUT2D eigenvalue weighted by atomic mass is 10.3. The number of fused-ring (bicyclic) bond motifs is 16. The average Bonchev–Trinajstić information content (AvgIpc) is 3.91. The molecule has 4 aliphatic heterocycles. The molecule has 0 saturated heterocycles. The number of halogens is 2. The van der Waals surface area contributed by atoms with E-state index in [2.05, 4.69) is 88.4 Å². The van der Waals surface area contributed by atoms with Crippen LogP contribution in [0.4, 0.5) is 0 Å². The Morgan fingerprint density at radius 2 is 0.380 bits per heavy atom. The van der Waals surface area contributed by atoms with Crippen molar-refractivity contribution in [3.8, 4) is 0 Å². The Hall–Kier alpha value is -5.84. The van der Waals surface area contributed by atoms with Crippen molar-refractivity contribution in [3.63, 3.8) is 0 Å². The molecule has 0 atom stereocenters. The van der Waals surface area contributed by atoms with E-state index in [1.165, 1.54) is 0 Å². The van der Waals surface area contributed by atoms with Gasteiger partial charge in [-0.15, -0.1) is 34.0 Å². The topological polar surface area (TPSA) is 115 Å². The van der Waals surface area contributed by atoms with Gasteiger partial charge in [0.2, 0.25) is 0 Å². The fraction of sp³-hybridized carbons (Fsp3) is 0. The predicted octanol–water partition coefficient (Wildman–Crippen LogP) is 10.5. The highest BCUT2D eigenvalue weighted by molar-refractivity contribution is 8.93. The van der Waals surface area contributed by atoms with Crippen LogP contribution < -0.4 is 0 Å². The summed E-state index contributed by atoms with van der Waals surface area (Å²) in [5, 5.41) is 0. The largest absolute Gasteiger partial charge is 0.355 e. The molecule has 50 heavy (non-hydrogen) atoms. The maximum absolute atomic E-state index is 4.63. The highest BCUT2D eigenvalue weighted by Gasteiger charge is 2.03. The molecule has 6 aromatic rings. The molecule has 0 fully saturated rings. The van der Waals surface area contributed by atoms with Gasteiger partial charge in [-0.25, -0.2) is 19.9 Å². The van der Waals surface area contributed by atoms with Gasteiger partial charge in [0.1, 0.15) is 0 Å². The van der Waals surface area contributed by atoms with Crippen molar-refractivity contribution in [2.75, 3.05) is 0 Å². The van der Waals surface area contributed by atoms with Gasteiger partial charge in [-0.05, 0) is 146 Å². The molecule has 10 rings (SSSR count). The minimum absolute atomic E-state index is 0. The van der Waals surface area contributed by atoms with Gasteiger partial charge in [-0.2, -0.15) is 0 Å². The quantitative estimate of drug-likeness (QED) is 0.123. The van der Waals surface area contributed by atoms with E-state index in [1.54, 1.807) is 0 Å². The Morgan fingerprint density at radius 3 is 0.520 bits per heavy atom. The molecule has 4 aliphatic rings. The van der Waals surface area contributed by atoms with Gasteiger partial charge in [-0.3, -0.25) is 0 Å². The van der Waals surface area contributed by atoms with Gasteiger partial charge in [-0.1, -0.05) is 0 Å². The number of rotatable bonds is 0. The molecule has 0 spiro atoms. The number of aromatic nitrogens is 8. The lowest BCUT2D eigenvalue weighted by molar-refractivity contribution is 1.31. The fourth-order valence-electron chi connectivity index (χ4n) is 5.89. The van der Waals surface area contributed by atoms with Crippen LogP contribution in [-0.4, -0.2) is 39.9 Å². The van der Waals surface area contributed by atoms with E-state index >= 15 is 0 Å². The van der Waals surface area contributed by atoms with Crippen LogP contribution in [0.5, 0.6) is 0 Å². The van der Waals surface area contributed by atoms with E-state index in [1.807, 2.05) is 97.1 Å². The molecule has 10 heterocycles. The van der Waals surface area contributed by atoms with Crippen LogP contribution in [-0.2, 0) is 0 Å². The summed E-state index contributed by atoms with van der Waals surface area (Å²) < 4.78 is 0. The number of H-pyrrole nitrogens is 4. The Morgan fingerprint density at radius 1 is 0.240 bits per heavy atom. The standard InChI is InChI=1S/2C20H14N4.2BrH/c2*1-2-14-10-16-5-6-18(23-16)12-20-8-7-19(24-20)11-17-4-3-15(22-17)9-13(1)21-14;;/h2*1-12,21,24H;2*1H. The monoisotopic (exact) mass is 780 g/mol. The second kappa shape index (κ2) is 13.9. The second-order valence-electron chi connectivity index (χ2n) is 11.8. The summed E-state index contributed by atoms with van der Waals surface area (Å²) in [6.07, 6.45) is 16.2. The third-order valence-corrected chi connectivity index (χ3v) is 8.08. The van der Waals surface area contributed by atoms with Gasteiger partial charge in [0.15, 0.2) is 0 Å². The number of hydrogen-bond donors (Lipinski definition) is 4. The SMILES string of the molecule is Br.Br.C1=Cc2cc3ccc(cc4nc(cc5ccc(cc1n2)[nH]5)C=C4)[nH]3.C1=Cc2cc3ccc(cc4nc(cc5ccc(cc1n2)[nH]5)C=C4)[nH]3. The zero-order chi connectivity index (χ0) is 31.9. The number of nitrogens with zero attached hydrogens (tertiary/aromatic N) is 4. The molecule has 10 heteroatoms. The second-order valence-corrected chi connectivity index (χ2v) is 11.8. The van der Waals surface area contributed by atoms with Gasteiger partial charge >= 0.3 is 0 Å². The highest BCUT2D eigenvalue weighted by Crippen LogP contribution is 2.19. The third kappa shape index (κ3) is 7.41. The van der Waals surface area contributed by atoms with E-state index < -0.39 is 0 Å². The number of hydrogen-bond acceptors (Lipinski definition) is 4. The van der Waals surface area contributed by atoms with Gasteiger partial charge < -0.3 is 19.9 Å². The van der Waals surface area contributed by atoms with Crippen molar-refractivity contribution in [2.24, 2.45) is 0 Å². The van der Waals surface area contributed by atoms with Crippen LogP contribution >= 0.6 is 34.0 Å². The molecule has 0 saturated carbocycles. The molecular formula is C40H30Br2N8. The fourth-order valence-corrected chi connectivity index (χ4v) is 5.89.